The number of alkyl halides is 2. The van der Waals surface area contributed by atoms with E-state index >= 15 is 0 Å². The third-order valence-corrected chi connectivity index (χ3v) is 5.39. The van der Waals surface area contributed by atoms with Crippen molar-refractivity contribution in [1.29, 1.82) is 0 Å². The van der Waals surface area contributed by atoms with Crippen LogP contribution in [0.15, 0.2) is 6.20 Å². The van der Waals surface area contributed by atoms with Gasteiger partial charge in [0.1, 0.15) is 11.5 Å². The Hall–Kier alpha value is -1.66. The van der Waals surface area contributed by atoms with Gasteiger partial charge in [0.25, 0.3) is 0 Å². The summed E-state index contributed by atoms with van der Waals surface area (Å²) in [7, 11) is 1.75. The summed E-state index contributed by atoms with van der Waals surface area (Å²) >= 11 is 0. The molecule has 0 radical (unpaired) electrons. The van der Waals surface area contributed by atoms with Crippen LogP contribution in [0, 0.1) is 5.41 Å². The number of aromatic nitrogens is 2. The Morgan fingerprint density at radius 2 is 2.14 bits per heavy atom. The quantitative estimate of drug-likeness (QED) is 0.867. The van der Waals surface area contributed by atoms with Crippen LogP contribution in [-0.2, 0) is 4.79 Å². The number of halogens is 2. The van der Waals surface area contributed by atoms with Gasteiger partial charge in [-0.25, -0.2) is 8.78 Å². The average molecular weight is 310 g/mol. The SMILES string of the molecule is CN1C(=O)C2(CC2)CN(C2CCCC(F)(F)C2)c2[nH]ncc21. The predicted molar refractivity (Wildman–Crippen MR) is 78.2 cm³/mol. The van der Waals surface area contributed by atoms with Crippen molar-refractivity contribution in [2.75, 3.05) is 23.4 Å². The topological polar surface area (TPSA) is 52.2 Å². The first-order valence-corrected chi connectivity index (χ1v) is 7.88. The molecule has 22 heavy (non-hydrogen) atoms. The van der Waals surface area contributed by atoms with Crippen molar-refractivity contribution in [1.82, 2.24) is 10.2 Å². The lowest BCUT2D eigenvalue weighted by molar-refractivity contribution is -0.123. The lowest BCUT2D eigenvalue weighted by atomic mass is 9.90. The highest BCUT2D eigenvalue weighted by Gasteiger charge is 2.56. The zero-order chi connectivity index (χ0) is 15.5. The second-order valence-corrected chi connectivity index (χ2v) is 6.98. The Morgan fingerprint density at radius 1 is 1.36 bits per heavy atom. The molecule has 1 aromatic rings. The summed E-state index contributed by atoms with van der Waals surface area (Å²) < 4.78 is 27.7. The van der Waals surface area contributed by atoms with Gasteiger partial charge in [0.05, 0.1) is 11.6 Å². The van der Waals surface area contributed by atoms with Gasteiger partial charge in [-0.3, -0.25) is 9.89 Å². The van der Waals surface area contributed by atoms with E-state index in [1.165, 1.54) is 0 Å². The van der Waals surface area contributed by atoms with Crippen molar-refractivity contribution in [2.24, 2.45) is 5.41 Å². The van der Waals surface area contributed by atoms with Gasteiger partial charge in [-0.05, 0) is 25.7 Å². The molecule has 7 heteroatoms. The van der Waals surface area contributed by atoms with Gasteiger partial charge in [0.2, 0.25) is 11.8 Å². The van der Waals surface area contributed by atoms with E-state index in [1.807, 2.05) is 4.90 Å². The van der Waals surface area contributed by atoms with Crippen LogP contribution in [0.3, 0.4) is 0 Å². The second kappa shape index (κ2) is 4.43. The van der Waals surface area contributed by atoms with Gasteiger partial charge in [-0.1, -0.05) is 0 Å². The van der Waals surface area contributed by atoms with Crippen molar-refractivity contribution in [3.63, 3.8) is 0 Å². The molecule has 0 bridgehead atoms. The van der Waals surface area contributed by atoms with Gasteiger partial charge in [-0.2, -0.15) is 5.10 Å². The second-order valence-electron chi connectivity index (χ2n) is 6.98. The Morgan fingerprint density at radius 3 is 2.82 bits per heavy atom. The summed E-state index contributed by atoms with van der Waals surface area (Å²) in [6, 6.07) is -0.236. The maximum Gasteiger partial charge on any atom is 0.250 e. The zero-order valence-electron chi connectivity index (χ0n) is 12.6. The van der Waals surface area contributed by atoms with Gasteiger partial charge in [0, 0.05) is 32.5 Å². The fourth-order valence-electron chi connectivity index (χ4n) is 3.91. The van der Waals surface area contributed by atoms with Crippen molar-refractivity contribution in [3.05, 3.63) is 6.20 Å². The summed E-state index contributed by atoms with van der Waals surface area (Å²) in [5.41, 5.74) is 0.309. The highest BCUT2D eigenvalue weighted by molar-refractivity contribution is 6.02. The third kappa shape index (κ3) is 2.01. The van der Waals surface area contributed by atoms with Gasteiger partial charge >= 0.3 is 0 Å². The predicted octanol–water partition coefficient (Wildman–Crippen LogP) is 2.55. The van der Waals surface area contributed by atoms with Crippen LogP contribution in [0.1, 0.15) is 38.5 Å². The smallest absolute Gasteiger partial charge is 0.250 e. The van der Waals surface area contributed by atoms with E-state index in [9.17, 15) is 13.6 Å². The van der Waals surface area contributed by atoms with Crippen LogP contribution in [0.2, 0.25) is 0 Å². The molecule has 1 unspecified atom stereocenters. The largest absolute Gasteiger partial charge is 0.351 e. The molecule has 1 spiro atoms. The number of aromatic amines is 1. The van der Waals surface area contributed by atoms with Crippen LogP contribution >= 0.6 is 0 Å². The molecule has 1 aliphatic heterocycles. The molecule has 2 aliphatic carbocycles. The molecule has 4 rings (SSSR count). The highest BCUT2D eigenvalue weighted by atomic mass is 19.3. The highest BCUT2D eigenvalue weighted by Crippen LogP contribution is 2.52. The molecule has 1 N–H and O–H groups in total. The molecule has 3 aliphatic rings. The van der Waals surface area contributed by atoms with Crippen LogP contribution in [0.25, 0.3) is 0 Å². The van der Waals surface area contributed by atoms with E-state index in [0.717, 1.165) is 19.3 Å². The van der Waals surface area contributed by atoms with Crippen molar-refractivity contribution < 1.29 is 13.6 Å². The number of anilines is 2. The monoisotopic (exact) mass is 310 g/mol. The standard InChI is InChI=1S/C15H20F2N4O/c1-20-11-8-18-19-12(11)21(9-14(5-6-14)13(20)22)10-3-2-4-15(16,17)7-10/h8,10H,2-7,9H2,1H3,(H,18,19). The minimum atomic E-state index is -2.61. The first kappa shape index (κ1) is 14.0. The summed E-state index contributed by atoms with van der Waals surface area (Å²) in [6.07, 6.45) is 4.39. The van der Waals surface area contributed by atoms with E-state index in [2.05, 4.69) is 10.2 Å². The van der Waals surface area contributed by atoms with Crippen LogP contribution in [-0.4, -0.2) is 41.7 Å². The molecule has 2 heterocycles. The molecule has 1 atom stereocenters. The lowest BCUT2D eigenvalue weighted by Gasteiger charge is -2.38. The van der Waals surface area contributed by atoms with Gasteiger partial charge < -0.3 is 9.80 Å². The molecule has 1 amide bonds. The van der Waals surface area contributed by atoms with Crippen LogP contribution < -0.4 is 9.80 Å². The van der Waals surface area contributed by atoms with Crippen LogP contribution in [0.5, 0.6) is 0 Å². The van der Waals surface area contributed by atoms with E-state index in [0.29, 0.717) is 24.5 Å². The number of nitrogens with one attached hydrogen (secondary N) is 1. The van der Waals surface area contributed by atoms with Crippen molar-refractivity contribution in [2.45, 2.75) is 50.5 Å². The van der Waals surface area contributed by atoms with Crippen molar-refractivity contribution in [3.8, 4) is 0 Å². The molecular formula is C15H20F2N4O. The first-order chi connectivity index (χ1) is 10.4. The number of carbonyl (C=O) groups excluding carboxylic acids is 1. The van der Waals surface area contributed by atoms with Gasteiger partial charge in [0.15, 0.2) is 0 Å². The minimum Gasteiger partial charge on any atom is -0.351 e. The van der Waals surface area contributed by atoms with Gasteiger partial charge in [-0.15, -0.1) is 0 Å². The zero-order valence-corrected chi connectivity index (χ0v) is 12.6. The summed E-state index contributed by atoms with van der Waals surface area (Å²) in [5.74, 6) is -1.82. The number of rotatable bonds is 1. The van der Waals surface area contributed by atoms with E-state index in [-0.39, 0.29) is 30.2 Å². The molecular weight excluding hydrogens is 290 g/mol. The molecule has 1 aromatic heterocycles. The Labute approximate surface area is 127 Å². The fourth-order valence-corrected chi connectivity index (χ4v) is 3.91. The number of hydrogen-bond acceptors (Lipinski definition) is 3. The molecule has 2 saturated carbocycles. The number of carbonyl (C=O) groups is 1. The molecule has 2 fully saturated rings. The molecule has 120 valence electrons. The number of H-pyrrole nitrogens is 1. The maximum absolute atomic E-state index is 13.8. The van der Waals surface area contributed by atoms with E-state index in [1.54, 1.807) is 18.1 Å². The third-order valence-electron chi connectivity index (χ3n) is 5.39. The van der Waals surface area contributed by atoms with E-state index < -0.39 is 5.92 Å². The molecule has 0 aromatic carbocycles. The molecule has 5 nitrogen and oxygen atoms in total. The summed E-state index contributed by atoms with van der Waals surface area (Å²) in [5, 5.41) is 6.96. The minimum absolute atomic E-state index is 0.0306. The van der Waals surface area contributed by atoms with Crippen molar-refractivity contribution >= 4 is 17.4 Å². The molecule has 0 saturated heterocycles. The van der Waals surface area contributed by atoms with E-state index in [4.69, 9.17) is 0 Å². The number of hydrogen-bond donors (Lipinski definition) is 1. The summed E-state index contributed by atoms with van der Waals surface area (Å²) in [6.45, 7) is 0.520. The fraction of sp³-hybridized carbons (Fsp3) is 0.733. The Kier molecular flexibility index (Phi) is 2.81. The lowest BCUT2D eigenvalue weighted by Crippen LogP contribution is -2.46. The Balaban J connectivity index is 1.72. The number of amides is 1. The maximum atomic E-state index is 13.8. The Bertz CT molecular complexity index is 610. The van der Waals surface area contributed by atoms with Crippen LogP contribution in [0.4, 0.5) is 20.3 Å². The number of fused-ring (bicyclic) bond motifs is 1. The number of nitrogens with zero attached hydrogens (tertiary/aromatic N) is 3. The first-order valence-electron chi connectivity index (χ1n) is 7.88. The normalized spacial score (nSPS) is 29.4. The summed E-state index contributed by atoms with van der Waals surface area (Å²) in [4.78, 5) is 16.3. The average Bonchev–Trinajstić information content (AvgIpc) is 3.11.